The minimum absolute atomic E-state index is 0.0753. The highest BCUT2D eigenvalue weighted by atomic mass is 19.4. The third kappa shape index (κ3) is 4.91. The number of anilines is 1. The Hall–Kier alpha value is -3.27. The lowest BCUT2D eigenvalue weighted by atomic mass is 10.1. The minimum Gasteiger partial charge on any atom is -0.382 e. The lowest BCUT2D eigenvalue weighted by Gasteiger charge is -2.15. The van der Waals surface area contributed by atoms with Gasteiger partial charge in [-0.25, -0.2) is 22.2 Å². The molecule has 0 fully saturated rings. The number of nitrogens with zero attached hydrogens (tertiary/aromatic N) is 3. The molecule has 1 aromatic carbocycles. The molecule has 1 aromatic heterocycles. The standard InChI is InChI=1S/C15H11F7N4O5/c1-30-2-3-31-5-7(27)24-14-6(26(28)29)4-23-25(14)13-11(18)9(16)8(15(20,21)22)10(17)12(13)19/h4H,2-3,5H2,1H3,(H,24,27). The normalized spacial score (nSPS) is 11.6. The van der Waals surface area contributed by atoms with Crippen LogP contribution in [0.5, 0.6) is 0 Å². The maximum Gasteiger partial charge on any atom is 0.422 e. The van der Waals surface area contributed by atoms with E-state index in [4.69, 9.17) is 4.74 Å². The van der Waals surface area contributed by atoms with Gasteiger partial charge in [0, 0.05) is 7.11 Å². The Balaban J connectivity index is 2.58. The van der Waals surface area contributed by atoms with Crippen molar-refractivity contribution < 1.29 is 49.9 Å². The van der Waals surface area contributed by atoms with Gasteiger partial charge in [-0.15, -0.1) is 0 Å². The SMILES string of the molecule is COCCOCC(=O)Nc1c([N+](=O)[O-])cnn1-c1c(F)c(F)c(C(F)(F)F)c(F)c1F. The van der Waals surface area contributed by atoms with Crippen LogP contribution in [0, 0.1) is 33.4 Å². The second kappa shape index (κ2) is 9.25. The Kier molecular flexibility index (Phi) is 7.17. The lowest BCUT2D eigenvalue weighted by Crippen LogP contribution is -2.23. The quantitative estimate of drug-likeness (QED) is 0.213. The number of nitro groups is 1. The van der Waals surface area contributed by atoms with Crippen molar-refractivity contribution in [3.05, 3.63) is 45.1 Å². The predicted molar refractivity (Wildman–Crippen MR) is 86.4 cm³/mol. The largest absolute Gasteiger partial charge is 0.422 e. The van der Waals surface area contributed by atoms with Crippen LogP contribution in [-0.2, 0) is 20.4 Å². The van der Waals surface area contributed by atoms with E-state index in [0.717, 1.165) is 0 Å². The van der Waals surface area contributed by atoms with Gasteiger partial charge in [-0.1, -0.05) is 0 Å². The highest BCUT2D eigenvalue weighted by molar-refractivity contribution is 5.93. The predicted octanol–water partition coefficient (Wildman–Crippen LogP) is 2.96. The summed E-state index contributed by atoms with van der Waals surface area (Å²) in [6.07, 6.45) is -5.44. The number of carbonyl (C=O) groups excluding carboxylic acids is 1. The second-order valence-electron chi connectivity index (χ2n) is 5.62. The summed E-state index contributed by atoms with van der Waals surface area (Å²) in [6.45, 7) is -0.734. The molecule has 0 unspecified atom stereocenters. The molecule has 9 nitrogen and oxygen atoms in total. The molecule has 0 spiro atoms. The number of methoxy groups -OCH3 is 1. The van der Waals surface area contributed by atoms with Gasteiger partial charge in [0.2, 0.25) is 5.82 Å². The third-order valence-electron chi connectivity index (χ3n) is 3.60. The van der Waals surface area contributed by atoms with E-state index in [1.54, 1.807) is 0 Å². The van der Waals surface area contributed by atoms with Crippen LogP contribution < -0.4 is 5.32 Å². The number of benzene rings is 1. The van der Waals surface area contributed by atoms with Gasteiger partial charge in [-0.3, -0.25) is 14.9 Å². The van der Waals surface area contributed by atoms with E-state index in [-0.39, 0.29) is 17.9 Å². The molecule has 0 saturated carbocycles. The van der Waals surface area contributed by atoms with Crippen LogP contribution >= 0.6 is 0 Å². The van der Waals surface area contributed by atoms with E-state index in [0.29, 0.717) is 6.20 Å². The van der Waals surface area contributed by atoms with Crippen molar-refractivity contribution in [1.29, 1.82) is 0 Å². The average molecular weight is 460 g/mol. The number of carbonyl (C=O) groups is 1. The van der Waals surface area contributed by atoms with Gasteiger partial charge in [0.05, 0.1) is 18.1 Å². The molecule has 31 heavy (non-hydrogen) atoms. The van der Waals surface area contributed by atoms with Crippen LogP contribution in [0.3, 0.4) is 0 Å². The van der Waals surface area contributed by atoms with Gasteiger partial charge in [0.1, 0.15) is 24.1 Å². The highest BCUT2D eigenvalue weighted by Crippen LogP contribution is 2.39. The molecule has 0 aliphatic heterocycles. The fourth-order valence-corrected chi connectivity index (χ4v) is 2.29. The van der Waals surface area contributed by atoms with Gasteiger partial charge < -0.3 is 14.8 Å². The zero-order valence-corrected chi connectivity index (χ0v) is 15.2. The number of halogens is 7. The van der Waals surface area contributed by atoms with Gasteiger partial charge in [-0.2, -0.15) is 18.3 Å². The molecule has 16 heteroatoms. The summed E-state index contributed by atoms with van der Waals surface area (Å²) in [6, 6.07) is 0. The maximum absolute atomic E-state index is 14.3. The van der Waals surface area contributed by atoms with Gasteiger partial charge in [0.25, 0.3) is 5.91 Å². The van der Waals surface area contributed by atoms with Gasteiger partial charge in [0.15, 0.2) is 23.3 Å². The first-order chi connectivity index (χ1) is 14.4. The van der Waals surface area contributed by atoms with E-state index < -0.39 is 69.6 Å². The number of amides is 1. The first-order valence-electron chi connectivity index (χ1n) is 7.94. The Bertz CT molecular complexity index is 980. The molecular formula is C15H11F7N4O5. The fourth-order valence-electron chi connectivity index (χ4n) is 2.29. The van der Waals surface area contributed by atoms with Gasteiger partial charge >= 0.3 is 11.9 Å². The Morgan fingerprint density at radius 3 is 2.23 bits per heavy atom. The van der Waals surface area contributed by atoms with Crippen LogP contribution in [0.1, 0.15) is 5.56 Å². The number of hydrogen-bond donors (Lipinski definition) is 1. The molecule has 1 heterocycles. The first kappa shape index (κ1) is 24.0. The van der Waals surface area contributed by atoms with Crippen molar-refractivity contribution in [3.8, 4) is 5.69 Å². The van der Waals surface area contributed by atoms with E-state index in [1.807, 2.05) is 5.32 Å². The maximum atomic E-state index is 14.3. The van der Waals surface area contributed by atoms with E-state index in [1.165, 1.54) is 7.11 Å². The van der Waals surface area contributed by atoms with Crippen molar-refractivity contribution in [2.75, 3.05) is 32.2 Å². The zero-order chi connectivity index (χ0) is 23.5. The average Bonchev–Trinajstić information content (AvgIpc) is 3.06. The Morgan fingerprint density at radius 2 is 1.74 bits per heavy atom. The molecule has 0 aliphatic carbocycles. The highest BCUT2D eigenvalue weighted by Gasteiger charge is 2.43. The minimum atomic E-state index is -5.79. The molecule has 0 bridgehead atoms. The molecule has 1 N–H and O–H groups in total. The molecule has 2 rings (SSSR count). The third-order valence-corrected chi connectivity index (χ3v) is 3.60. The van der Waals surface area contributed by atoms with E-state index in [9.17, 15) is 45.6 Å². The number of hydrogen-bond acceptors (Lipinski definition) is 6. The Morgan fingerprint density at radius 1 is 1.16 bits per heavy atom. The summed E-state index contributed by atoms with van der Waals surface area (Å²) in [5.74, 6) is -12.9. The van der Waals surface area contributed by atoms with Crippen LogP contribution in [0.4, 0.5) is 42.2 Å². The van der Waals surface area contributed by atoms with Crippen LogP contribution in [0.15, 0.2) is 6.20 Å². The number of aromatic nitrogens is 2. The number of ether oxygens (including phenoxy) is 2. The smallest absolute Gasteiger partial charge is 0.382 e. The topological polar surface area (TPSA) is 109 Å². The van der Waals surface area contributed by atoms with Crippen molar-refractivity contribution >= 4 is 17.4 Å². The number of alkyl halides is 3. The zero-order valence-electron chi connectivity index (χ0n) is 15.2. The van der Waals surface area contributed by atoms with E-state index >= 15 is 0 Å². The van der Waals surface area contributed by atoms with Crippen LogP contribution in [0.25, 0.3) is 5.69 Å². The van der Waals surface area contributed by atoms with Crippen molar-refractivity contribution in [1.82, 2.24) is 9.78 Å². The van der Waals surface area contributed by atoms with Crippen molar-refractivity contribution in [2.24, 2.45) is 0 Å². The molecule has 1 amide bonds. The fraction of sp³-hybridized carbons (Fsp3) is 0.333. The van der Waals surface area contributed by atoms with Crippen LogP contribution in [0.2, 0.25) is 0 Å². The summed E-state index contributed by atoms with van der Waals surface area (Å²) in [7, 11) is 1.33. The lowest BCUT2D eigenvalue weighted by molar-refractivity contribution is -0.384. The van der Waals surface area contributed by atoms with Crippen LogP contribution in [-0.4, -0.2) is 47.5 Å². The molecule has 0 aliphatic rings. The summed E-state index contributed by atoms with van der Waals surface area (Å²) < 4.78 is 104. The molecular weight excluding hydrogens is 449 g/mol. The monoisotopic (exact) mass is 460 g/mol. The summed E-state index contributed by atoms with van der Waals surface area (Å²) in [4.78, 5) is 21.8. The summed E-state index contributed by atoms with van der Waals surface area (Å²) in [5.41, 5.74) is -5.78. The van der Waals surface area contributed by atoms with Crippen molar-refractivity contribution in [3.63, 3.8) is 0 Å². The van der Waals surface area contributed by atoms with E-state index in [2.05, 4.69) is 9.84 Å². The first-order valence-corrected chi connectivity index (χ1v) is 7.94. The number of rotatable bonds is 8. The second-order valence-corrected chi connectivity index (χ2v) is 5.62. The molecule has 0 radical (unpaired) electrons. The summed E-state index contributed by atoms with van der Waals surface area (Å²) in [5, 5.41) is 16.1. The summed E-state index contributed by atoms with van der Waals surface area (Å²) >= 11 is 0. The molecule has 170 valence electrons. The molecule has 2 aromatic rings. The number of nitrogens with one attached hydrogen (secondary N) is 1. The molecule has 0 atom stereocenters. The van der Waals surface area contributed by atoms with Gasteiger partial charge in [-0.05, 0) is 0 Å². The Labute approximate surface area is 167 Å². The molecule has 0 saturated heterocycles. The van der Waals surface area contributed by atoms with Crippen molar-refractivity contribution in [2.45, 2.75) is 6.18 Å².